The summed E-state index contributed by atoms with van der Waals surface area (Å²) in [7, 11) is 1.69. The highest BCUT2D eigenvalue weighted by atomic mass is 16.5. The number of hydrogen-bond acceptors (Lipinski definition) is 5. The van der Waals surface area contributed by atoms with E-state index >= 15 is 0 Å². The third-order valence-electron chi connectivity index (χ3n) is 5.25. The van der Waals surface area contributed by atoms with Gasteiger partial charge in [-0.3, -0.25) is 9.69 Å². The Labute approximate surface area is 170 Å². The van der Waals surface area contributed by atoms with Gasteiger partial charge in [0.05, 0.1) is 12.8 Å². The highest BCUT2D eigenvalue weighted by Crippen LogP contribution is 2.28. The molecule has 150 valence electrons. The van der Waals surface area contributed by atoms with E-state index in [4.69, 9.17) is 9.26 Å². The van der Waals surface area contributed by atoms with Crippen LogP contribution in [0.25, 0.3) is 0 Å². The Bertz CT molecular complexity index is 955. The monoisotopic (exact) mass is 391 g/mol. The Morgan fingerprint density at radius 2 is 2.07 bits per heavy atom. The number of likely N-dealkylation sites (tertiary alicyclic amines) is 1. The summed E-state index contributed by atoms with van der Waals surface area (Å²) in [6.45, 7) is 2.81. The first-order valence-corrected chi connectivity index (χ1v) is 9.89. The Hall–Kier alpha value is -3.12. The molecule has 0 bridgehead atoms. The van der Waals surface area contributed by atoms with Crippen molar-refractivity contribution >= 4 is 11.6 Å². The number of amides is 1. The SMILES string of the molecule is COc1cccc(CN2CCC[C@H](c3cc(C(=O)Nc4ccccc4)on3)C2)c1. The van der Waals surface area contributed by atoms with E-state index in [1.54, 1.807) is 13.2 Å². The fourth-order valence-corrected chi connectivity index (χ4v) is 3.77. The van der Waals surface area contributed by atoms with Crippen LogP contribution in [0, 0.1) is 0 Å². The van der Waals surface area contributed by atoms with E-state index in [0.717, 1.165) is 49.6 Å². The van der Waals surface area contributed by atoms with Gasteiger partial charge in [0, 0.05) is 30.8 Å². The van der Waals surface area contributed by atoms with Crippen molar-refractivity contribution in [3.05, 3.63) is 77.7 Å². The minimum absolute atomic E-state index is 0.244. The van der Waals surface area contributed by atoms with Crippen molar-refractivity contribution in [2.75, 3.05) is 25.5 Å². The summed E-state index contributed by atoms with van der Waals surface area (Å²) in [6, 6.07) is 19.3. The molecule has 0 radical (unpaired) electrons. The Morgan fingerprint density at radius 3 is 2.90 bits per heavy atom. The average Bonchev–Trinajstić information content (AvgIpc) is 3.25. The van der Waals surface area contributed by atoms with Crippen LogP contribution in [-0.2, 0) is 6.54 Å². The molecule has 29 heavy (non-hydrogen) atoms. The molecule has 0 aliphatic carbocycles. The molecule has 1 aliphatic rings. The van der Waals surface area contributed by atoms with E-state index in [2.05, 4.69) is 27.5 Å². The third kappa shape index (κ3) is 4.84. The van der Waals surface area contributed by atoms with Crippen LogP contribution < -0.4 is 10.1 Å². The van der Waals surface area contributed by atoms with Gasteiger partial charge in [0.1, 0.15) is 5.75 Å². The topological polar surface area (TPSA) is 67.6 Å². The number of rotatable bonds is 6. The molecule has 3 aromatic rings. The minimum atomic E-state index is -0.279. The second kappa shape index (κ2) is 8.92. The van der Waals surface area contributed by atoms with Crippen molar-refractivity contribution in [3.8, 4) is 5.75 Å². The normalized spacial score (nSPS) is 17.1. The Morgan fingerprint density at radius 1 is 1.21 bits per heavy atom. The Balaban J connectivity index is 1.39. The molecule has 6 nitrogen and oxygen atoms in total. The first kappa shape index (κ1) is 19.2. The van der Waals surface area contributed by atoms with Crippen molar-refractivity contribution < 1.29 is 14.1 Å². The lowest BCUT2D eigenvalue weighted by Crippen LogP contribution is -2.34. The van der Waals surface area contributed by atoms with E-state index in [0.29, 0.717) is 0 Å². The number of para-hydroxylation sites is 1. The zero-order chi connectivity index (χ0) is 20.1. The van der Waals surface area contributed by atoms with Crippen LogP contribution in [0.4, 0.5) is 5.69 Å². The first-order valence-electron chi connectivity index (χ1n) is 9.89. The van der Waals surface area contributed by atoms with Gasteiger partial charge in [-0.15, -0.1) is 0 Å². The molecular weight excluding hydrogens is 366 g/mol. The Kier molecular flexibility index (Phi) is 5.91. The molecule has 1 aromatic heterocycles. The number of nitrogens with one attached hydrogen (secondary N) is 1. The molecule has 6 heteroatoms. The van der Waals surface area contributed by atoms with Crippen LogP contribution in [0.15, 0.2) is 65.2 Å². The lowest BCUT2D eigenvalue weighted by Gasteiger charge is -2.31. The van der Waals surface area contributed by atoms with Gasteiger partial charge in [0.15, 0.2) is 0 Å². The van der Waals surface area contributed by atoms with Crippen LogP contribution in [0.2, 0.25) is 0 Å². The third-order valence-corrected chi connectivity index (χ3v) is 5.25. The van der Waals surface area contributed by atoms with Crippen molar-refractivity contribution in [1.29, 1.82) is 0 Å². The van der Waals surface area contributed by atoms with E-state index < -0.39 is 0 Å². The molecule has 1 aliphatic heterocycles. The number of methoxy groups -OCH3 is 1. The van der Waals surface area contributed by atoms with Crippen molar-refractivity contribution in [2.45, 2.75) is 25.3 Å². The van der Waals surface area contributed by atoms with Gasteiger partial charge < -0.3 is 14.6 Å². The van der Waals surface area contributed by atoms with Gasteiger partial charge in [-0.25, -0.2) is 0 Å². The standard InChI is InChI=1S/C23H25N3O3/c1-28-20-11-5-7-17(13-20)15-26-12-6-8-18(16-26)21-14-22(29-25-21)23(27)24-19-9-3-2-4-10-19/h2-5,7,9-11,13-14,18H,6,8,12,15-16H2,1H3,(H,24,27)/t18-/m0/s1. The number of carbonyl (C=O) groups excluding carboxylic acids is 1. The van der Waals surface area contributed by atoms with Crippen molar-refractivity contribution in [1.82, 2.24) is 10.1 Å². The van der Waals surface area contributed by atoms with Gasteiger partial charge in [-0.2, -0.15) is 0 Å². The maximum absolute atomic E-state index is 12.4. The van der Waals surface area contributed by atoms with Crippen molar-refractivity contribution in [2.24, 2.45) is 0 Å². The van der Waals surface area contributed by atoms with Crippen LogP contribution in [0.5, 0.6) is 5.75 Å². The molecular formula is C23H25N3O3. The van der Waals surface area contributed by atoms with Gasteiger partial charge in [0.25, 0.3) is 5.91 Å². The summed E-state index contributed by atoms with van der Waals surface area (Å²) in [5.74, 6) is 1.10. The quantitative estimate of drug-likeness (QED) is 0.678. The smallest absolute Gasteiger partial charge is 0.294 e. The van der Waals surface area contributed by atoms with Gasteiger partial charge in [-0.1, -0.05) is 35.5 Å². The number of anilines is 1. The van der Waals surface area contributed by atoms with E-state index in [1.807, 2.05) is 42.5 Å². The average molecular weight is 391 g/mol. The first-order chi connectivity index (χ1) is 14.2. The molecule has 1 N–H and O–H groups in total. The maximum atomic E-state index is 12.4. The number of piperidine rings is 1. The van der Waals surface area contributed by atoms with Crippen LogP contribution in [0.1, 0.15) is 40.6 Å². The number of ether oxygens (including phenoxy) is 1. The van der Waals surface area contributed by atoms with Gasteiger partial charge >= 0.3 is 0 Å². The summed E-state index contributed by atoms with van der Waals surface area (Å²) in [5, 5.41) is 7.02. The molecule has 0 spiro atoms. The summed E-state index contributed by atoms with van der Waals surface area (Å²) >= 11 is 0. The lowest BCUT2D eigenvalue weighted by atomic mass is 9.94. The van der Waals surface area contributed by atoms with Crippen LogP contribution in [-0.4, -0.2) is 36.2 Å². The van der Waals surface area contributed by atoms with E-state index in [9.17, 15) is 4.79 Å². The number of benzene rings is 2. The van der Waals surface area contributed by atoms with Crippen molar-refractivity contribution in [3.63, 3.8) is 0 Å². The summed E-state index contributed by atoms with van der Waals surface area (Å²) in [4.78, 5) is 14.8. The fourth-order valence-electron chi connectivity index (χ4n) is 3.77. The number of aromatic nitrogens is 1. The predicted octanol–water partition coefficient (Wildman–Crippen LogP) is 4.32. The molecule has 1 fully saturated rings. The zero-order valence-corrected chi connectivity index (χ0v) is 16.5. The second-order valence-corrected chi connectivity index (χ2v) is 7.36. The zero-order valence-electron chi connectivity index (χ0n) is 16.5. The summed E-state index contributed by atoms with van der Waals surface area (Å²) < 4.78 is 10.7. The second-order valence-electron chi connectivity index (χ2n) is 7.36. The van der Waals surface area contributed by atoms with E-state index in [-0.39, 0.29) is 17.6 Å². The number of carbonyl (C=O) groups is 1. The lowest BCUT2D eigenvalue weighted by molar-refractivity contribution is 0.0987. The van der Waals surface area contributed by atoms with Crippen LogP contribution in [0.3, 0.4) is 0 Å². The van der Waals surface area contributed by atoms with E-state index in [1.165, 1.54) is 5.56 Å². The molecule has 1 saturated heterocycles. The number of nitrogens with zero attached hydrogens (tertiary/aromatic N) is 2. The maximum Gasteiger partial charge on any atom is 0.294 e. The largest absolute Gasteiger partial charge is 0.497 e. The molecule has 0 saturated carbocycles. The minimum Gasteiger partial charge on any atom is -0.497 e. The van der Waals surface area contributed by atoms with Crippen LogP contribution >= 0.6 is 0 Å². The molecule has 0 unspecified atom stereocenters. The fraction of sp³-hybridized carbons (Fsp3) is 0.304. The summed E-state index contributed by atoms with van der Waals surface area (Å²) in [5.41, 5.74) is 2.81. The molecule has 2 heterocycles. The highest BCUT2D eigenvalue weighted by molar-refractivity contribution is 6.02. The molecule has 4 rings (SSSR count). The van der Waals surface area contributed by atoms with Gasteiger partial charge in [-0.05, 0) is 49.2 Å². The highest BCUT2D eigenvalue weighted by Gasteiger charge is 2.25. The number of hydrogen-bond donors (Lipinski definition) is 1. The predicted molar refractivity (Wildman–Crippen MR) is 111 cm³/mol. The van der Waals surface area contributed by atoms with Gasteiger partial charge in [0.2, 0.25) is 5.76 Å². The molecule has 2 aromatic carbocycles. The summed E-state index contributed by atoms with van der Waals surface area (Å²) in [6.07, 6.45) is 2.13. The molecule has 1 amide bonds. The molecule has 1 atom stereocenters.